The van der Waals surface area contributed by atoms with Crippen molar-refractivity contribution in [3.8, 4) is 0 Å². The van der Waals surface area contributed by atoms with E-state index in [1.807, 2.05) is 0 Å². The van der Waals surface area contributed by atoms with Crippen LogP contribution in [-0.4, -0.2) is 31.9 Å². The molecule has 0 bridgehead atoms. The molecule has 2 aliphatic rings. The van der Waals surface area contributed by atoms with Gasteiger partial charge >= 0.3 is 5.97 Å². The Bertz CT molecular complexity index is 410. The number of hydrogen-bond donors (Lipinski definition) is 2. The molecule has 1 aromatic rings. The lowest BCUT2D eigenvalue weighted by molar-refractivity contribution is -0.140. The molecule has 6 heteroatoms. The van der Waals surface area contributed by atoms with Crippen molar-refractivity contribution in [2.45, 2.75) is 37.9 Å². The van der Waals surface area contributed by atoms with E-state index in [4.69, 9.17) is 5.11 Å². The summed E-state index contributed by atoms with van der Waals surface area (Å²) in [5.41, 5.74) is 0. The zero-order valence-corrected chi connectivity index (χ0v) is 8.18. The minimum absolute atomic E-state index is 0.379. The largest absolute Gasteiger partial charge is 0.480 e. The highest BCUT2D eigenvalue weighted by atomic mass is 16.4. The van der Waals surface area contributed by atoms with Crippen LogP contribution in [0.3, 0.4) is 0 Å². The first-order chi connectivity index (χ1) is 7.24. The van der Waals surface area contributed by atoms with E-state index in [0.717, 1.165) is 11.6 Å². The standard InChI is InChI=1S/C9H12N4O2/c14-9(15)6-4-13-7(3-10-6)11-8(12-13)5-1-2-5/h5-6,10H,1-4H2,(H,14,15). The first-order valence-electron chi connectivity index (χ1n) is 5.14. The average Bonchev–Trinajstić information content (AvgIpc) is 2.97. The summed E-state index contributed by atoms with van der Waals surface area (Å²) in [6, 6.07) is -0.536. The number of fused-ring (bicyclic) bond motifs is 1. The number of hydrogen-bond acceptors (Lipinski definition) is 4. The smallest absolute Gasteiger partial charge is 0.322 e. The zero-order chi connectivity index (χ0) is 10.4. The van der Waals surface area contributed by atoms with E-state index in [1.54, 1.807) is 4.68 Å². The Balaban J connectivity index is 1.85. The van der Waals surface area contributed by atoms with Crippen LogP contribution in [0, 0.1) is 0 Å². The van der Waals surface area contributed by atoms with Crippen LogP contribution in [0.5, 0.6) is 0 Å². The summed E-state index contributed by atoms with van der Waals surface area (Å²) in [6.45, 7) is 0.876. The second-order valence-electron chi connectivity index (χ2n) is 4.11. The molecule has 1 aromatic heterocycles. The molecule has 15 heavy (non-hydrogen) atoms. The number of nitrogens with one attached hydrogen (secondary N) is 1. The first-order valence-corrected chi connectivity index (χ1v) is 5.14. The Labute approximate surface area is 86.3 Å². The number of aliphatic carboxylic acids is 1. The van der Waals surface area contributed by atoms with E-state index >= 15 is 0 Å². The lowest BCUT2D eigenvalue weighted by Crippen LogP contribution is -2.44. The molecule has 1 unspecified atom stereocenters. The molecular weight excluding hydrogens is 196 g/mol. The van der Waals surface area contributed by atoms with Gasteiger partial charge in [-0.1, -0.05) is 0 Å². The van der Waals surface area contributed by atoms with Gasteiger partial charge in [-0.15, -0.1) is 0 Å². The highest BCUT2D eigenvalue weighted by Crippen LogP contribution is 2.38. The van der Waals surface area contributed by atoms with Gasteiger partial charge in [0.15, 0.2) is 5.82 Å². The molecule has 3 rings (SSSR count). The van der Waals surface area contributed by atoms with Gasteiger partial charge in [0.25, 0.3) is 0 Å². The van der Waals surface area contributed by atoms with Crippen LogP contribution in [0.4, 0.5) is 0 Å². The molecule has 2 heterocycles. The molecule has 1 saturated carbocycles. The average molecular weight is 208 g/mol. The maximum absolute atomic E-state index is 10.8. The van der Waals surface area contributed by atoms with E-state index in [1.165, 1.54) is 12.8 Å². The first kappa shape index (κ1) is 8.84. The van der Waals surface area contributed by atoms with Crippen LogP contribution in [0.25, 0.3) is 0 Å². The summed E-state index contributed by atoms with van der Waals surface area (Å²) < 4.78 is 1.73. The van der Waals surface area contributed by atoms with Crippen LogP contribution >= 0.6 is 0 Å². The summed E-state index contributed by atoms with van der Waals surface area (Å²) in [7, 11) is 0. The number of aromatic nitrogens is 3. The minimum atomic E-state index is -0.830. The fourth-order valence-corrected chi connectivity index (χ4v) is 1.80. The molecule has 0 radical (unpaired) electrons. The molecule has 0 spiro atoms. The van der Waals surface area contributed by atoms with Crippen LogP contribution in [-0.2, 0) is 17.9 Å². The van der Waals surface area contributed by atoms with Gasteiger partial charge in [0.05, 0.1) is 13.1 Å². The Morgan fingerprint density at radius 1 is 1.53 bits per heavy atom. The number of rotatable bonds is 2. The third-order valence-corrected chi connectivity index (χ3v) is 2.87. The molecule has 1 fully saturated rings. The number of carboxylic acid groups (broad SMARTS) is 1. The molecule has 1 atom stereocenters. The molecular formula is C9H12N4O2. The summed E-state index contributed by atoms with van der Waals surface area (Å²) in [5.74, 6) is 1.43. The molecule has 0 amide bonds. The predicted molar refractivity (Wildman–Crippen MR) is 50.3 cm³/mol. The van der Waals surface area contributed by atoms with Gasteiger partial charge < -0.3 is 5.11 Å². The zero-order valence-electron chi connectivity index (χ0n) is 8.18. The van der Waals surface area contributed by atoms with Gasteiger partial charge in [-0.2, -0.15) is 5.10 Å². The Morgan fingerprint density at radius 3 is 3.00 bits per heavy atom. The minimum Gasteiger partial charge on any atom is -0.480 e. The Morgan fingerprint density at radius 2 is 2.33 bits per heavy atom. The molecule has 2 N–H and O–H groups in total. The van der Waals surface area contributed by atoms with E-state index in [0.29, 0.717) is 19.0 Å². The van der Waals surface area contributed by atoms with Crippen molar-refractivity contribution < 1.29 is 9.90 Å². The quantitative estimate of drug-likeness (QED) is 0.698. The monoisotopic (exact) mass is 208 g/mol. The second-order valence-corrected chi connectivity index (χ2v) is 4.11. The van der Waals surface area contributed by atoms with Crippen LogP contribution in [0.1, 0.15) is 30.4 Å². The summed E-state index contributed by atoms with van der Waals surface area (Å²) in [6.07, 6.45) is 2.33. The van der Waals surface area contributed by atoms with E-state index in [-0.39, 0.29) is 0 Å². The number of nitrogens with zero attached hydrogens (tertiary/aromatic N) is 3. The van der Waals surface area contributed by atoms with Crippen molar-refractivity contribution in [1.29, 1.82) is 0 Å². The predicted octanol–water partition coefficient (Wildman–Crippen LogP) is -0.288. The normalized spacial score (nSPS) is 24.9. The number of carboxylic acids is 1. The fraction of sp³-hybridized carbons (Fsp3) is 0.667. The lowest BCUT2D eigenvalue weighted by atomic mass is 10.2. The van der Waals surface area contributed by atoms with Gasteiger partial charge in [0.2, 0.25) is 0 Å². The van der Waals surface area contributed by atoms with Crippen molar-refractivity contribution in [3.05, 3.63) is 11.6 Å². The third kappa shape index (κ3) is 1.50. The lowest BCUT2D eigenvalue weighted by Gasteiger charge is -2.20. The Hall–Kier alpha value is -1.43. The molecule has 0 saturated heterocycles. The van der Waals surface area contributed by atoms with E-state index in [2.05, 4.69) is 15.4 Å². The Kier molecular flexibility index (Phi) is 1.79. The summed E-state index contributed by atoms with van der Waals surface area (Å²) in [4.78, 5) is 15.2. The van der Waals surface area contributed by atoms with Gasteiger partial charge in [-0.05, 0) is 12.8 Å². The van der Waals surface area contributed by atoms with Crippen LogP contribution in [0.15, 0.2) is 0 Å². The molecule has 6 nitrogen and oxygen atoms in total. The van der Waals surface area contributed by atoms with E-state index in [9.17, 15) is 4.79 Å². The molecule has 1 aliphatic carbocycles. The van der Waals surface area contributed by atoms with Crippen molar-refractivity contribution >= 4 is 5.97 Å². The highest BCUT2D eigenvalue weighted by molar-refractivity contribution is 5.73. The van der Waals surface area contributed by atoms with E-state index < -0.39 is 12.0 Å². The maximum Gasteiger partial charge on any atom is 0.322 e. The maximum atomic E-state index is 10.8. The molecule has 0 aromatic carbocycles. The number of carbonyl (C=O) groups is 1. The van der Waals surface area contributed by atoms with Crippen molar-refractivity contribution in [1.82, 2.24) is 20.1 Å². The summed E-state index contributed by atoms with van der Waals surface area (Å²) >= 11 is 0. The fourth-order valence-electron chi connectivity index (χ4n) is 1.80. The molecule has 1 aliphatic heterocycles. The van der Waals surface area contributed by atoms with Crippen molar-refractivity contribution in [3.63, 3.8) is 0 Å². The highest BCUT2D eigenvalue weighted by Gasteiger charge is 2.31. The van der Waals surface area contributed by atoms with Gasteiger partial charge in [-0.3, -0.25) is 10.1 Å². The van der Waals surface area contributed by atoms with Gasteiger partial charge in [-0.25, -0.2) is 9.67 Å². The molecule has 80 valence electrons. The van der Waals surface area contributed by atoms with Crippen molar-refractivity contribution in [2.75, 3.05) is 0 Å². The van der Waals surface area contributed by atoms with Crippen LogP contribution in [0.2, 0.25) is 0 Å². The topological polar surface area (TPSA) is 80.0 Å². The SMILES string of the molecule is O=C(O)C1Cn2nc(C3CC3)nc2CN1. The summed E-state index contributed by atoms with van der Waals surface area (Å²) in [5, 5.41) is 16.1. The van der Waals surface area contributed by atoms with Crippen molar-refractivity contribution in [2.24, 2.45) is 0 Å². The second kappa shape index (κ2) is 3.03. The van der Waals surface area contributed by atoms with Crippen LogP contribution < -0.4 is 5.32 Å². The third-order valence-electron chi connectivity index (χ3n) is 2.87. The van der Waals surface area contributed by atoms with Gasteiger partial charge in [0, 0.05) is 5.92 Å². The van der Waals surface area contributed by atoms with Gasteiger partial charge in [0.1, 0.15) is 11.9 Å².